The van der Waals surface area contributed by atoms with E-state index in [0.29, 0.717) is 9.60 Å². The van der Waals surface area contributed by atoms with E-state index in [2.05, 4.69) is 12.6 Å². The number of thiophene rings is 1. The zero-order valence-electron chi connectivity index (χ0n) is 6.94. The molecule has 0 radical (unpaired) electrons. The van der Waals surface area contributed by atoms with E-state index >= 15 is 0 Å². The van der Waals surface area contributed by atoms with Crippen LogP contribution < -0.4 is 5.46 Å². The van der Waals surface area contributed by atoms with Gasteiger partial charge in [0.05, 0.1) is 4.21 Å². The average Bonchev–Trinajstić information content (AvgIpc) is 2.46. The first-order valence-corrected chi connectivity index (χ1v) is 5.13. The van der Waals surface area contributed by atoms with Gasteiger partial charge in [0.1, 0.15) is 5.82 Å². The lowest BCUT2D eigenvalue weighted by atomic mass is 9.79. The molecule has 2 nitrogen and oxygen atoms in total. The maximum Gasteiger partial charge on any atom is 0.491 e. The van der Waals surface area contributed by atoms with Crippen LogP contribution in [0.1, 0.15) is 0 Å². The van der Waals surface area contributed by atoms with Gasteiger partial charge in [-0.1, -0.05) is 6.07 Å². The number of fused-ring (bicyclic) bond motifs is 1. The van der Waals surface area contributed by atoms with Crippen LogP contribution in [0.25, 0.3) is 10.1 Å². The fourth-order valence-electron chi connectivity index (χ4n) is 1.28. The lowest BCUT2D eigenvalue weighted by Gasteiger charge is -2.01. The van der Waals surface area contributed by atoms with E-state index in [0.717, 1.165) is 4.70 Å². The molecule has 72 valence electrons. The minimum atomic E-state index is -1.78. The van der Waals surface area contributed by atoms with E-state index < -0.39 is 12.9 Å². The van der Waals surface area contributed by atoms with Crippen LogP contribution in [0.3, 0.4) is 0 Å². The molecule has 1 heterocycles. The highest BCUT2D eigenvalue weighted by atomic mass is 32.2. The molecule has 1 aromatic heterocycles. The van der Waals surface area contributed by atoms with Crippen molar-refractivity contribution in [3.05, 3.63) is 24.0 Å². The van der Waals surface area contributed by atoms with Crippen molar-refractivity contribution in [2.24, 2.45) is 0 Å². The predicted octanol–water partition coefficient (Wildman–Crippen LogP) is 1.01. The maximum atomic E-state index is 13.6. The molecular formula is C8H6BFO2S2. The molecule has 0 aliphatic rings. The zero-order valence-corrected chi connectivity index (χ0v) is 8.65. The number of rotatable bonds is 1. The van der Waals surface area contributed by atoms with Gasteiger partial charge in [-0.25, -0.2) is 4.39 Å². The summed E-state index contributed by atoms with van der Waals surface area (Å²) >= 11 is 5.45. The van der Waals surface area contributed by atoms with Gasteiger partial charge in [-0.2, -0.15) is 0 Å². The zero-order chi connectivity index (χ0) is 10.3. The molecule has 1 aromatic carbocycles. The number of hydrogen-bond donors (Lipinski definition) is 3. The van der Waals surface area contributed by atoms with Crippen molar-refractivity contribution < 1.29 is 14.4 Å². The van der Waals surface area contributed by atoms with E-state index in [1.54, 1.807) is 12.1 Å². The fraction of sp³-hybridized carbons (Fsp3) is 0. The molecule has 0 saturated carbocycles. The summed E-state index contributed by atoms with van der Waals surface area (Å²) in [6.45, 7) is 0. The first-order valence-electron chi connectivity index (χ1n) is 3.86. The normalized spacial score (nSPS) is 10.9. The first-order chi connectivity index (χ1) is 6.59. The van der Waals surface area contributed by atoms with Crippen molar-refractivity contribution in [3.8, 4) is 0 Å². The molecule has 0 aliphatic carbocycles. The lowest BCUT2D eigenvalue weighted by Crippen LogP contribution is -2.32. The SMILES string of the molecule is OB(O)c1ccc2sc(S)cc2c1F. The molecule has 0 fully saturated rings. The van der Waals surface area contributed by atoms with Crippen molar-refractivity contribution in [2.45, 2.75) is 4.21 Å². The molecule has 0 unspecified atom stereocenters. The molecule has 0 amide bonds. The van der Waals surface area contributed by atoms with Gasteiger partial charge in [-0.3, -0.25) is 0 Å². The molecule has 0 atom stereocenters. The summed E-state index contributed by atoms with van der Waals surface area (Å²) in [6.07, 6.45) is 0. The van der Waals surface area contributed by atoms with Crippen LogP contribution in [-0.4, -0.2) is 17.2 Å². The third-order valence-corrected chi connectivity index (χ3v) is 3.24. The Labute approximate surface area is 89.6 Å². The molecule has 0 aliphatic heterocycles. The predicted molar refractivity (Wildman–Crippen MR) is 58.9 cm³/mol. The van der Waals surface area contributed by atoms with Gasteiger partial charge in [-0.05, 0) is 12.1 Å². The summed E-state index contributed by atoms with van der Waals surface area (Å²) in [4.78, 5) is 0. The Hall–Kier alpha value is -0.555. The smallest absolute Gasteiger partial charge is 0.423 e. The van der Waals surface area contributed by atoms with Crippen molar-refractivity contribution in [2.75, 3.05) is 0 Å². The molecule has 0 spiro atoms. The Morgan fingerprint density at radius 1 is 1.36 bits per heavy atom. The van der Waals surface area contributed by atoms with Crippen molar-refractivity contribution in [1.82, 2.24) is 0 Å². The van der Waals surface area contributed by atoms with Crippen LogP contribution in [-0.2, 0) is 0 Å². The summed E-state index contributed by atoms with van der Waals surface area (Å²) in [7, 11) is -1.78. The van der Waals surface area contributed by atoms with E-state index in [1.807, 2.05) is 0 Å². The Bertz CT molecular complexity index is 483. The molecule has 0 bridgehead atoms. The van der Waals surface area contributed by atoms with E-state index in [9.17, 15) is 4.39 Å². The summed E-state index contributed by atoms with van der Waals surface area (Å²) in [6, 6.07) is 4.59. The van der Waals surface area contributed by atoms with Crippen molar-refractivity contribution >= 4 is 46.6 Å². The van der Waals surface area contributed by atoms with Crippen LogP contribution >= 0.6 is 24.0 Å². The van der Waals surface area contributed by atoms with Gasteiger partial charge in [0.2, 0.25) is 0 Å². The van der Waals surface area contributed by atoms with Gasteiger partial charge < -0.3 is 10.0 Å². The number of benzene rings is 1. The Balaban J connectivity index is 2.74. The van der Waals surface area contributed by atoms with Crippen LogP contribution in [0.2, 0.25) is 0 Å². The second kappa shape index (κ2) is 3.54. The van der Waals surface area contributed by atoms with Crippen molar-refractivity contribution in [3.63, 3.8) is 0 Å². The topological polar surface area (TPSA) is 40.5 Å². The van der Waals surface area contributed by atoms with Crippen LogP contribution in [0.4, 0.5) is 4.39 Å². The van der Waals surface area contributed by atoms with Crippen LogP contribution in [0, 0.1) is 5.82 Å². The van der Waals surface area contributed by atoms with Crippen LogP contribution in [0.5, 0.6) is 0 Å². The molecule has 0 saturated heterocycles. The lowest BCUT2D eigenvalue weighted by molar-refractivity contribution is 0.423. The summed E-state index contributed by atoms with van der Waals surface area (Å²) in [5.74, 6) is -0.589. The monoisotopic (exact) mass is 228 g/mol. The molecule has 2 aromatic rings. The Morgan fingerprint density at radius 3 is 2.71 bits per heavy atom. The number of halogens is 1. The fourth-order valence-corrected chi connectivity index (χ4v) is 2.50. The third-order valence-electron chi connectivity index (χ3n) is 1.93. The molecule has 6 heteroatoms. The summed E-state index contributed by atoms with van der Waals surface area (Å²) < 4.78 is 15.0. The average molecular weight is 228 g/mol. The van der Waals surface area contributed by atoms with E-state index in [-0.39, 0.29) is 5.46 Å². The molecule has 14 heavy (non-hydrogen) atoms. The van der Waals surface area contributed by atoms with Gasteiger partial charge in [0.25, 0.3) is 0 Å². The van der Waals surface area contributed by atoms with Gasteiger partial charge >= 0.3 is 7.12 Å². The second-order valence-electron chi connectivity index (χ2n) is 2.84. The van der Waals surface area contributed by atoms with E-state index in [1.165, 1.54) is 17.4 Å². The largest absolute Gasteiger partial charge is 0.491 e. The maximum absolute atomic E-state index is 13.6. The highest BCUT2D eigenvalue weighted by molar-refractivity contribution is 7.83. The van der Waals surface area contributed by atoms with Gasteiger partial charge in [0, 0.05) is 15.5 Å². The number of thiol groups is 1. The van der Waals surface area contributed by atoms with Gasteiger partial charge in [0.15, 0.2) is 0 Å². The highest BCUT2D eigenvalue weighted by Crippen LogP contribution is 2.28. The number of hydrogen-bond acceptors (Lipinski definition) is 4. The van der Waals surface area contributed by atoms with E-state index in [4.69, 9.17) is 10.0 Å². The first kappa shape index (κ1) is 9.98. The minimum absolute atomic E-state index is 0.108. The standard InChI is InChI=1S/C8H6BFO2S2/c10-8-4-3-7(13)14-6(4)2-1-5(8)9(11)12/h1-3,11-13H. The Kier molecular flexibility index (Phi) is 2.53. The van der Waals surface area contributed by atoms with Crippen LogP contribution in [0.15, 0.2) is 22.4 Å². The van der Waals surface area contributed by atoms with Gasteiger partial charge in [-0.15, -0.1) is 24.0 Å². The summed E-state index contributed by atoms with van der Waals surface area (Å²) in [5, 5.41) is 18.1. The molecule has 2 N–H and O–H groups in total. The molecule has 2 rings (SSSR count). The third kappa shape index (κ3) is 1.54. The Morgan fingerprint density at radius 2 is 2.07 bits per heavy atom. The summed E-state index contributed by atoms with van der Waals surface area (Å²) in [5.41, 5.74) is -0.108. The highest BCUT2D eigenvalue weighted by Gasteiger charge is 2.19. The second-order valence-corrected chi connectivity index (χ2v) is 4.71. The minimum Gasteiger partial charge on any atom is -0.423 e. The quantitative estimate of drug-likeness (QED) is 0.503. The molecular weight excluding hydrogens is 222 g/mol. The van der Waals surface area contributed by atoms with Crippen molar-refractivity contribution in [1.29, 1.82) is 0 Å².